The molecular formula is C26H22Cl2FOPZr. The fraction of sp³-hybridized carbons (Fsp3) is 0.0769. The minimum absolute atomic E-state index is 0.0636. The molecule has 0 saturated heterocycles. The van der Waals surface area contributed by atoms with E-state index in [1.807, 2.05) is 48.5 Å². The van der Waals surface area contributed by atoms with Gasteiger partial charge in [0.25, 0.3) is 0 Å². The first-order valence-corrected chi connectivity index (χ1v) is 17.3. The fourth-order valence-corrected chi connectivity index (χ4v) is 4.66. The summed E-state index contributed by atoms with van der Waals surface area (Å²) in [4.78, 5) is 0. The molecule has 0 radical (unpaired) electrons. The van der Waals surface area contributed by atoms with E-state index >= 15 is 0 Å². The van der Waals surface area contributed by atoms with Crippen LogP contribution in [0.25, 0.3) is 0 Å². The Hall–Kier alpha value is -1.50. The zero-order valence-electron chi connectivity index (χ0n) is 17.2. The van der Waals surface area contributed by atoms with Gasteiger partial charge in [-0.2, -0.15) is 0 Å². The van der Waals surface area contributed by atoms with Crippen LogP contribution in [0.5, 0.6) is 5.75 Å². The van der Waals surface area contributed by atoms with E-state index in [1.165, 1.54) is 11.6 Å². The third-order valence-electron chi connectivity index (χ3n) is 4.88. The van der Waals surface area contributed by atoms with Crippen LogP contribution in [0.4, 0.5) is 4.39 Å². The second kappa shape index (κ2) is 13.3. The van der Waals surface area contributed by atoms with Crippen LogP contribution in [-0.4, -0.2) is 5.11 Å². The molecule has 0 aliphatic carbocycles. The SMILES string of the molecule is Oc1c(Cc2ccccc2)cc(Cc2ccccc2)cc1Pc1ccccc1F.[Cl][Zr][Cl]. The molecule has 32 heavy (non-hydrogen) atoms. The van der Waals surface area contributed by atoms with Gasteiger partial charge < -0.3 is 5.11 Å². The van der Waals surface area contributed by atoms with E-state index < -0.39 is 20.8 Å². The first-order valence-electron chi connectivity index (χ1n) is 10.0. The van der Waals surface area contributed by atoms with E-state index in [-0.39, 0.29) is 20.1 Å². The average Bonchev–Trinajstić information content (AvgIpc) is 2.80. The summed E-state index contributed by atoms with van der Waals surface area (Å²) in [6.07, 6.45) is 1.42. The second-order valence-electron chi connectivity index (χ2n) is 7.15. The number of hydrogen-bond acceptors (Lipinski definition) is 1. The van der Waals surface area contributed by atoms with Gasteiger partial charge in [-0.25, -0.2) is 4.39 Å². The monoisotopic (exact) mass is 560 g/mol. The molecular weight excluding hydrogens is 540 g/mol. The van der Waals surface area contributed by atoms with Gasteiger partial charge in [0.1, 0.15) is 11.6 Å². The predicted octanol–water partition coefficient (Wildman–Crippen LogP) is 6.72. The maximum atomic E-state index is 14.2. The van der Waals surface area contributed by atoms with Crippen molar-refractivity contribution in [2.75, 3.05) is 0 Å². The van der Waals surface area contributed by atoms with Crippen LogP contribution in [0.15, 0.2) is 97.1 Å². The van der Waals surface area contributed by atoms with Crippen LogP contribution in [0, 0.1) is 5.82 Å². The number of rotatable bonds is 6. The third kappa shape index (κ3) is 7.53. The van der Waals surface area contributed by atoms with Crippen molar-refractivity contribution < 1.29 is 30.3 Å². The molecule has 0 aliphatic rings. The fourth-order valence-electron chi connectivity index (χ4n) is 3.45. The summed E-state index contributed by atoms with van der Waals surface area (Å²) in [5.74, 6) is 0.0376. The van der Waals surface area contributed by atoms with Crippen LogP contribution in [0.3, 0.4) is 0 Å². The zero-order chi connectivity index (χ0) is 22.8. The molecule has 162 valence electrons. The Bertz CT molecular complexity index is 1130. The van der Waals surface area contributed by atoms with Gasteiger partial charge in [-0.15, -0.1) is 0 Å². The number of aromatic hydroxyl groups is 1. The third-order valence-corrected chi connectivity index (χ3v) is 6.21. The van der Waals surface area contributed by atoms with Crippen LogP contribution in [-0.2, 0) is 33.7 Å². The number of phenolic OH excluding ortho intramolecular Hbond substituents is 1. The predicted molar refractivity (Wildman–Crippen MR) is 132 cm³/mol. The zero-order valence-corrected chi connectivity index (χ0v) is 22.2. The van der Waals surface area contributed by atoms with Gasteiger partial charge in [-0.3, -0.25) is 0 Å². The van der Waals surface area contributed by atoms with Crippen LogP contribution < -0.4 is 10.6 Å². The van der Waals surface area contributed by atoms with Crippen molar-refractivity contribution in [1.82, 2.24) is 0 Å². The van der Waals surface area contributed by atoms with Gasteiger partial charge in [0.15, 0.2) is 0 Å². The summed E-state index contributed by atoms with van der Waals surface area (Å²) in [6, 6.07) is 31.2. The van der Waals surface area contributed by atoms with Crippen molar-refractivity contribution >= 4 is 36.2 Å². The molecule has 0 aliphatic heterocycles. The number of benzene rings is 4. The summed E-state index contributed by atoms with van der Waals surface area (Å²) < 4.78 is 14.2. The van der Waals surface area contributed by atoms with Crippen LogP contribution in [0.1, 0.15) is 22.3 Å². The first kappa shape index (κ1) is 25.1. The van der Waals surface area contributed by atoms with E-state index in [0.29, 0.717) is 11.7 Å². The normalized spacial score (nSPS) is 10.6. The Kier molecular flexibility index (Phi) is 10.4. The molecule has 0 aromatic heterocycles. The quantitative estimate of drug-likeness (QED) is 0.259. The molecule has 0 spiro atoms. The van der Waals surface area contributed by atoms with Crippen molar-refractivity contribution in [3.63, 3.8) is 0 Å². The summed E-state index contributed by atoms with van der Waals surface area (Å²) in [5.41, 5.74) is 4.35. The molecule has 4 rings (SSSR count). The number of halogens is 3. The molecule has 6 heteroatoms. The van der Waals surface area contributed by atoms with E-state index in [4.69, 9.17) is 17.0 Å². The maximum absolute atomic E-state index is 14.2. The first-order chi connectivity index (χ1) is 15.6. The molecule has 0 amide bonds. The van der Waals surface area contributed by atoms with Gasteiger partial charge in [-0.1, -0.05) is 93.5 Å². The Morgan fingerprint density at radius 1 is 0.688 bits per heavy atom. The van der Waals surface area contributed by atoms with E-state index in [2.05, 4.69) is 30.3 Å². The van der Waals surface area contributed by atoms with Gasteiger partial charge in [0.2, 0.25) is 0 Å². The molecule has 0 saturated carbocycles. The summed E-state index contributed by atoms with van der Waals surface area (Å²) in [7, 11) is 9.93. The molecule has 4 aromatic carbocycles. The Morgan fingerprint density at radius 2 is 1.22 bits per heavy atom. The minimum atomic E-state index is -0.826. The van der Waals surface area contributed by atoms with Gasteiger partial charge in [-0.05, 0) is 40.8 Å². The molecule has 1 unspecified atom stereocenters. The molecule has 4 aromatic rings. The van der Waals surface area contributed by atoms with Gasteiger partial charge >= 0.3 is 37.9 Å². The van der Waals surface area contributed by atoms with Crippen LogP contribution >= 0.6 is 25.6 Å². The topological polar surface area (TPSA) is 20.2 Å². The van der Waals surface area contributed by atoms with Crippen molar-refractivity contribution in [3.05, 3.63) is 125 Å². The summed E-state index contributed by atoms with van der Waals surface area (Å²) in [5, 5.41) is 12.4. The summed E-state index contributed by atoms with van der Waals surface area (Å²) in [6.45, 7) is 0. The number of hydrogen-bond donors (Lipinski definition) is 1. The Balaban J connectivity index is 0.000000913. The molecule has 0 bridgehead atoms. The van der Waals surface area contributed by atoms with Crippen molar-refractivity contribution in [1.29, 1.82) is 0 Å². The van der Waals surface area contributed by atoms with Crippen molar-refractivity contribution in [2.45, 2.75) is 12.8 Å². The standard InChI is InChI=1S/C26H22FOP.2ClH.Zr/c27-23-13-7-8-14-24(23)29-25-18-21(15-19-9-3-1-4-10-19)17-22(26(25)28)16-20-11-5-2-6-12-20;;;/h1-14,17-18,28-29H,15-16H2;2*1H;/q;;;+2/p-2. The molecule has 0 fully saturated rings. The van der Waals surface area contributed by atoms with Gasteiger partial charge in [0.05, 0.1) is 0 Å². The van der Waals surface area contributed by atoms with E-state index in [0.717, 1.165) is 28.4 Å². The van der Waals surface area contributed by atoms with E-state index in [9.17, 15) is 9.50 Å². The molecule has 1 N–H and O–H groups in total. The van der Waals surface area contributed by atoms with Crippen LogP contribution in [0.2, 0.25) is 0 Å². The average molecular weight is 563 g/mol. The number of phenols is 1. The van der Waals surface area contributed by atoms with Crippen molar-refractivity contribution in [2.24, 2.45) is 0 Å². The van der Waals surface area contributed by atoms with Gasteiger partial charge in [0, 0.05) is 17.0 Å². The molecule has 1 nitrogen and oxygen atoms in total. The Morgan fingerprint density at radius 3 is 1.81 bits per heavy atom. The van der Waals surface area contributed by atoms with E-state index in [1.54, 1.807) is 12.1 Å². The van der Waals surface area contributed by atoms with Crippen molar-refractivity contribution in [3.8, 4) is 5.75 Å². The second-order valence-corrected chi connectivity index (χ2v) is 12.2. The molecule has 1 atom stereocenters. The molecule has 0 heterocycles. The summed E-state index contributed by atoms with van der Waals surface area (Å²) >= 11 is -0.826. The Labute approximate surface area is 209 Å².